The molecule has 5 rings (SSSR count). The van der Waals surface area contributed by atoms with E-state index in [0.29, 0.717) is 36.6 Å². The molecule has 0 amide bonds. The van der Waals surface area contributed by atoms with Crippen LogP contribution in [-0.2, 0) is 27.7 Å². The van der Waals surface area contributed by atoms with Crippen molar-refractivity contribution in [3.63, 3.8) is 0 Å². The van der Waals surface area contributed by atoms with E-state index in [1.165, 1.54) is 10.1 Å². The maximum atomic E-state index is 12.4. The Morgan fingerprint density at radius 3 is 2.81 bits per heavy atom. The van der Waals surface area contributed by atoms with E-state index in [2.05, 4.69) is 33.7 Å². The van der Waals surface area contributed by atoms with Gasteiger partial charge in [-0.25, -0.2) is 4.68 Å². The third-order valence-electron chi connectivity index (χ3n) is 5.79. The molecule has 0 bridgehead atoms. The number of hydrogen-bond donors (Lipinski definition) is 1. The Hall–Kier alpha value is -3.62. The fourth-order valence-corrected chi connectivity index (χ4v) is 4.01. The Bertz CT molecular complexity index is 1300. The molecular formula is C22H25N7O2. The van der Waals surface area contributed by atoms with Crippen LogP contribution in [0.5, 0.6) is 5.88 Å². The van der Waals surface area contributed by atoms with Gasteiger partial charge in [-0.15, -0.1) is 5.10 Å². The molecule has 1 aliphatic carbocycles. The number of nitrogens with zero attached hydrogens (tertiary/aromatic N) is 6. The van der Waals surface area contributed by atoms with Crippen LogP contribution in [-0.4, -0.2) is 35.9 Å². The summed E-state index contributed by atoms with van der Waals surface area (Å²) in [5, 5.41) is 17.5. The Morgan fingerprint density at radius 2 is 2.00 bits per heavy atom. The van der Waals surface area contributed by atoms with Crippen molar-refractivity contribution in [3.8, 4) is 5.88 Å². The highest BCUT2D eigenvalue weighted by Crippen LogP contribution is 2.48. The molecule has 0 spiro atoms. The molecule has 0 saturated heterocycles. The maximum absolute atomic E-state index is 12.4. The number of anilines is 1. The molecule has 1 fully saturated rings. The maximum Gasteiger partial charge on any atom is 0.290 e. The summed E-state index contributed by atoms with van der Waals surface area (Å²) in [5.74, 6) is 1.22. The van der Waals surface area contributed by atoms with E-state index in [9.17, 15) is 4.79 Å². The van der Waals surface area contributed by atoms with Crippen LogP contribution in [0.1, 0.15) is 23.6 Å². The van der Waals surface area contributed by atoms with Gasteiger partial charge in [0.1, 0.15) is 5.69 Å². The number of aromatic nitrogens is 6. The van der Waals surface area contributed by atoms with Gasteiger partial charge in [0.15, 0.2) is 0 Å². The van der Waals surface area contributed by atoms with Crippen LogP contribution in [0.4, 0.5) is 5.69 Å². The second kappa shape index (κ2) is 7.57. The van der Waals surface area contributed by atoms with Gasteiger partial charge in [0.25, 0.3) is 5.56 Å². The van der Waals surface area contributed by atoms with Gasteiger partial charge < -0.3 is 10.1 Å². The van der Waals surface area contributed by atoms with Crippen molar-refractivity contribution in [1.82, 2.24) is 29.3 Å². The second-order valence-corrected chi connectivity index (χ2v) is 8.14. The first kappa shape index (κ1) is 19.3. The molecule has 0 aliphatic heterocycles. The fourth-order valence-electron chi connectivity index (χ4n) is 4.01. The number of rotatable bonds is 7. The van der Waals surface area contributed by atoms with Gasteiger partial charge in [0.2, 0.25) is 5.88 Å². The van der Waals surface area contributed by atoms with Crippen LogP contribution in [0.3, 0.4) is 0 Å². The molecule has 1 unspecified atom stereocenters. The first-order chi connectivity index (χ1) is 15.0. The Balaban J connectivity index is 1.25. The van der Waals surface area contributed by atoms with Gasteiger partial charge in [-0.2, -0.15) is 10.2 Å². The fraction of sp³-hybridized carbons (Fsp3) is 0.364. The monoisotopic (exact) mass is 419 g/mol. The van der Waals surface area contributed by atoms with Gasteiger partial charge in [0, 0.05) is 62.7 Å². The number of fused-ring (bicyclic) bond motifs is 1. The van der Waals surface area contributed by atoms with E-state index >= 15 is 0 Å². The van der Waals surface area contributed by atoms with Crippen molar-refractivity contribution >= 4 is 16.6 Å². The predicted molar refractivity (Wildman–Crippen MR) is 117 cm³/mol. The molecule has 3 heterocycles. The molecule has 1 N–H and O–H groups in total. The molecule has 160 valence electrons. The average molecular weight is 419 g/mol. The number of benzene rings is 1. The van der Waals surface area contributed by atoms with Gasteiger partial charge >= 0.3 is 0 Å². The third-order valence-corrected chi connectivity index (χ3v) is 5.79. The van der Waals surface area contributed by atoms with Crippen LogP contribution in [0, 0.1) is 5.92 Å². The number of ether oxygens (including phenoxy) is 1. The summed E-state index contributed by atoms with van der Waals surface area (Å²) in [7, 11) is 5.47. The number of nitrogens with one attached hydrogen (secondary N) is 1. The third kappa shape index (κ3) is 3.78. The molecule has 0 radical (unpaired) electrons. The Labute approximate surface area is 179 Å². The summed E-state index contributed by atoms with van der Waals surface area (Å²) in [5.41, 5.74) is 3.54. The average Bonchev–Trinajstić information content (AvgIpc) is 3.29. The molecule has 4 aromatic rings. The molecule has 1 aliphatic rings. The van der Waals surface area contributed by atoms with E-state index in [1.807, 2.05) is 31.0 Å². The van der Waals surface area contributed by atoms with Crippen LogP contribution in [0.25, 0.3) is 10.9 Å². The molecule has 3 aromatic heterocycles. The first-order valence-corrected chi connectivity index (χ1v) is 10.3. The zero-order valence-electron chi connectivity index (χ0n) is 17.8. The highest BCUT2D eigenvalue weighted by Gasteiger charge is 2.42. The van der Waals surface area contributed by atoms with E-state index in [0.717, 1.165) is 23.2 Å². The van der Waals surface area contributed by atoms with E-state index in [1.54, 1.807) is 24.0 Å². The van der Waals surface area contributed by atoms with Crippen molar-refractivity contribution in [2.24, 2.45) is 27.1 Å². The van der Waals surface area contributed by atoms with Crippen molar-refractivity contribution in [2.75, 3.05) is 11.9 Å². The highest BCUT2D eigenvalue weighted by molar-refractivity contribution is 5.82. The molecule has 1 saturated carbocycles. The van der Waals surface area contributed by atoms with Gasteiger partial charge in [0.05, 0.1) is 24.0 Å². The SMILES string of the molecule is Cn1cc(CNc2cc(OC[C@@H]3CC3c3nn(C)c4ccccc34)nn(C)c2=O)cn1. The zero-order chi connectivity index (χ0) is 21.5. The smallest absolute Gasteiger partial charge is 0.290 e. The van der Waals surface area contributed by atoms with E-state index < -0.39 is 0 Å². The normalized spacial score (nSPS) is 17.8. The van der Waals surface area contributed by atoms with Crippen LogP contribution in [0.2, 0.25) is 0 Å². The van der Waals surface area contributed by atoms with Crippen LogP contribution < -0.4 is 15.6 Å². The summed E-state index contributed by atoms with van der Waals surface area (Å²) >= 11 is 0. The first-order valence-electron chi connectivity index (χ1n) is 10.3. The van der Waals surface area contributed by atoms with Crippen molar-refractivity contribution < 1.29 is 4.74 Å². The lowest BCUT2D eigenvalue weighted by Gasteiger charge is -2.10. The minimum atomic E-state index is -0.194. The summed E-state index contributed by atoms with van der Waals surface area (Å²) in [6.07, 6.45) is 4.72. The standard InChI is InChI=1S/C22H25N7O2/c1-27-12-14(11-24-27)10-23-18-9-20(25-29(3)22(18)30)31-13-15-8-17(15)21-16-6-4-5-7-19(16)28(2)26-21/h4-7,9,11-12,15,17,23H,8,10,13H2,1-3H3/t15-,17?/m0/s1. The number of aryl methyl sites for hydroxylation is 3. The second-order valence-electron chi connectivity index (χ2n) is 8.14. The summed E-state index contributed by atoms with van der Waals surface area (Å²) in [6, 6.07) is 9.98. The minimum absolute atomic E-state index is 0.194. The summed E-state index contributed by atoms with van der Waals surface area (Å²) in [4.78, 5) is 12.4. The van der Waals surface area contributed by atoms with Crippen molar-refractivity contribution in [2.45, 2.75) is 18.9 Å². The summed E-state index contributed by atoms with van der Waals surface area (Å²) in [6.45, 7) is 1.05. The van der Waals surface area contributed by atoms with Crippen molar-refractivity contribution in [3.05, 3.63) is 64.3 Å². The minimum Gasteiger partial charge on any atom is -0.476 e. The van der Waals surface area contributed by atoms with Crippen molar-refractivity contribution in [1.29, 1.82) is 0 Å². The largest absolute Gasteiger partial charge is 0.476 e. The molecule has 31 heavy (non-hydrogen) atoms. The van der Waals surface area contributed by atoms with Crippen LogP contribution >= 0.6 is 0 Å². The number of para-hydroxylation sites is 1. The summed E-state index contributed by atoms with van der Waals surface area (Å²) < 4.78 is 10.9. The molecule has 9 nitrogen and oxygen atoms in total. The van der Waals surface area contributed by atoms with E-state index in [4.69, 9.17) is 9.84 Å². The lowest BCUT2D eigenvalue weighted by Crippen LogP contribution is -2.24. The quantitative estimate of drug-likeness (QED) is 0.494. The van der Waals surface area contributed by atoms with Gasteiger partial charge in [-0.1, -0.05) is 18.2 Å². The van der Waals surface area contributed by atoms with E-state index in [-0.39, 0.29) is 5.56 Å². The molecular weight excluding hydrogens is 394 g/mol. The van der Waals surface area contributed by atoms with Gasteiger partial charge in [-0.3, -0.25) is 14.2 Å². The zero-order valence-corrected chi connectivity index (χ0v) is 17.8. The lowest BCUT2D eigenvalue weighted by atomic mass is 10.1. The topological polar surface area (TPSA) is 91.8 Å². The van der Waals surface area contributed by atoms with Gasteiger partial charge in [-0.05, 0) is 12.5 Å². The Morgan fingerprint density at radius 1 is 1.16 bits per heavy atom. The number of hydrogen-bond acceptors (Lipinski definition) is 6. The molecule has 1 aromatic carbocycles. The highest BCUT2D eigenvalue weighted by atomic mass is 16.5. The lowest BCUT2D eigenvalue weighted by molar-refractivity contribution is 0.278. The Kier molecular flexibility index (Phi) is 4.72. The molecule has 9 heteroatoms. The molecule has 2 atom stereocenters. The van der Waals surface area contributed by atoms with Crippen LogP contribution in [0.15, 0.2) is 47.5 Å². The predicted octanol–water partition coefficient (Wildman–Crippen LogP) is 2.20.